The lowest BCUT2D eigenvalue weighted by molar-refractivity contribution is 0.660. The largest absolute Gasteiger partial charge is 0.247 e. The molecule has 2 nitrogen and oxygen atoms in total. The first-order chi connectivity index (χ1) is 22.0. The highest BCUT2D eigenvalue weighted by Gasteiger charge is 2.36. The number of aromatic nitrogens is 1. The summed E-state index contributed by atoms with van der Waals surface area (Å²) in [6, 6.07) is 50.1. The molecule has 0 bridgehead atoms. The van der Waals surface area contributed by atoms with Crippen LogP contribution in [0.25, 0.3) is 76.7 Å². The van der Waals surface area contributed by atoms with E-state index in [2.05, 4.69) is 147 Å². The highest BCUT2D eigenvalue weighted by atomic mass is 14.7. The van der Waals surface area contributed by atoms with Gasteiger partial charge in [0.2, 0.25) is 0 Å². The summed E-state index contributed by atoms with van der Waals surface area (Å²) >= 11 is 0. The van der Waals surface area contributed by atoms with Crippen LogP contribution < -0.4 is 0 Å². The lowest BCUT2D eigenvalue weighted by atomic mass is 9.80. The van der Waals surface area contributed by atoms with Crippen LogP contribution in [0.5, 0.6) is 0 Å². The van der Waals surface area contributed by atoms with E-state index in [0.29, 0.717) is 5.56 Å². The van der Waals surface area contributed by atoms with Gasteiger partial charge in [-0.15, -0.1) is 0 Å². The molecule has 1 aliphatic rings. The maximum atomic E-state index is 9.61. The Kier molecular flexibility index (Phi) is 5.34. The Bertz CT molecular complexity index is 2530. The first-order valence-corrected chi connectivity index (χ1v) is 15.5. The van der Waals surface area contributed by atoms with Crippen LogP contribution in [0.2, 0.25) is 0 Å². The summed E-state index contributed by atoms with van der Waals surface area (Å²) in [5.41, 5.74) is 11.1. The second-order valence-corrected chi connectivity index (χ2v) is 12.6. The molecule has 0 unspecified atom stereocenters. The zero-order chi connectivity index (χ0) is 30.3. The molecule has 7 aromatic carbocycles. The minimum Gasteiger partial charge on any atom is -0.247 e. The molecule has 0 fully saturated rings. The Morgan fingerprint density at radius 2 is 1.02 bits per heavy atom. The van der Waals surface area contributed by atoms with Gasteiger partial charge in [0.15, 0.2) is 0 Å². The molecule has 8 aromatic rings. The third kappa shape index (κ3) is 3.59. The zero-order valence-electron chi connectivity index (χ0n) is 25.1. The minimum atomic E-state index is -0.215. The molecule has 210 valence electrons. The van der Waals surface area contributed by atoms with Gasteiger partial charge in [-0.1, -0.05) is 123 Å². The molecule has 0 spiro atoms. The summed E-state index contributed by atoms with van der Waals surface area (Å²) in [5.74, 6) is 0. The fourth-order valence-electron chi connectivity index (χ4n) is 7.75. The average Bonchev–Trinajstić information content (AvgIpc) is 3.31. The van der Waals surface area contributed by atoms with Crippen LogP contribution in [0, 0.1) is 11.3 Å². The van der Waals surface area contributed by atoms with E-state index in [0.717, 1.165) is 16.6 Å². The maximum Gasteiger partial charge on any atom is 0.0991 e. The highest BCUT2D eigenvalue weighted by molar-refractivity contribution is 6.24. The van der Waals surface area contributed by atoms with Crippen molar-refractivity contribution >= 4 is 43.2 Å². The molecule has 0 atom stereocenters. The van der Waals surface area contributed by atoms with Gasteiger partial charge in [0.05, 0.1) is 22.8 Å². The number of hydrogen-bond acceptors (Lipinski definition) is 2. The fraction of sp³-hybridized carbons (Fsp3) is 0.0698. The van der Waals surface area contributed by atoms with Gasteiger partial charge in [-0.05, 0) is 84.6 Å². The number of rotatable bonds is 2. The smallest absolute Gasteiger partial charge is 0.0991 e. The van der Waals surface area contributed by atoms with E-state index in [4.69, 9.17) is 4.98 Å². The Morgan fingerprint density at radius 3 is 1.67 bits per heavy atom. The molecular weight excluding hydrogens is 544 g/mol. The van der Waals surface area contributed by atoms with E-state index in [1.807, 2.05) is 6.07 Å². The molecule has 2 heteroatoms. The lowest BCUT2D eigenvalue weighted by Crippen LogP contribution is -2.15. The maximum absolute atomic E-state index is 9.61. The lowest BCUT2D eigenvalue weighted by Gasteiger charge is -2.23. The normalized spacial score (nSPS) is 13.3. The van der Waals surface area contributed by atoms with Crippen LogP contribution in [0.1, 0.15) is 30.5 Å². The third-order valence-corrected chi connectivity index (χ3v) is 9.87. The Labute approximate surface area is 261 Å². The first kappa shape index (κ1) is 25.7. The van der Waals surface area contributed by atoms with Crippen molar-refractivity contribution in [3.8, 4) is 39.6 Å². The summed E-state index contributed by atoms with van der Waals surface area (Å²) in [6.07, 6.45) is 0. The van der Waals surface area contributed by atoms with Gasteiger partial charge < -0.3 is 0 Å². The second kappa shape index (κ2) is 9.36. The molecule has 0 N–H and O–H groups in total. The predicted octanol–water partition coefficient (Wildman–Crippen LogP) is 11.2. The number of para-hydroxylation sites is 1. The molecule has 0 aliphatic heterocycles. The van der Waals surface area contributed by atoms with E-state index in [1.54, 1.807) is 0 Å². The van der Waals surface area contributed by atoms with Crippen LogP contribution >= 0.6 is 0 Å². The van der Waals surface area contributed by atoms with Crippen LogP contribution in [0.4, 0.5) is 0 Å². The van der Waals surface area contributed by atoms with Gasteiger partial charge in [-0.3, -0.25) is 0 Å². The summed E-state index contributed by atoms with van der Waals surface area (Å²) in [7, 11) is 0. The Morgan fingerprint density at radius 1 is 0.511 bits per heavy atom. The SMILES string of the molecule is CC1(C)c2cc(C#N)ccc2-c2ccc(-c3c4ccccc4c(-c4nc5ccccc5c5ccccc45)c4ccccc34)cc21. The van der Waals surface area contributed by atoms with Crippen LogP contribution in [0.3, 0.4) is 0 Å². The fourth-order valence-corrected chi connectivity index (χ4v) is 7.75. The van der Waals surface area contributed by atoms with Gasteiger partial charge >= 0.3 is 0 Å². The van der Waals surface area contributed by atoms with Gasteiger partial charge in [0.1, 0.15) is 0 Å². The number of nitriles is 1. The Hall–Kier alpha value is -5.78. The van der Waals surface area contributed by atoms with Gasteiger partial charge in [0.25, 0.3) is 0 Å². The monoisotopic (exact) mass is 572 g/mol. The number of pyridine rings is 1. The second-order valence-electron chi connectivity index (χ2n) is 12.6. The summed E-state index contributed by atoms with van der Waals surface area (Å²) < 4.78 is 0. The van der Waals surface area contributed by atoms with Crippen molar-refractivity contribution in [2.75, 3.05) is 0 Å². The molecule has 1 aliphatic carbocycles. The van der Waals surface area contributed by atoms with E-state index in [9.17, 15) is 5.26 Å². The van der Waals surface area contributed by atoms with Gasteiger partial charge in [-0.25, -0.2) is 4.98 Å². The molecule has 0 saturated heterocycles. The number of hydrogen-bond donors (Lipinski definition) is 0. The van der Waals surface area contributed by atoms with Crippen LogP contribution in [0.15, 0.2) is 133 Å². The number of nitrogens with zero attached hydrogens (tertiary/aromatic N) is 2. The molecular formula is C43H28N2. The van der Waals surface area contributed by atoms with Crippen molar-refractivity contribution in [2.24, 2.45) is 0 Å². The quantitative estimate of drug-likeness (QED) is 0.153. The van der Waals surface area contributed by atoms with E-state index < -0.39 is 0 Å². The van der Waals surface area contributed by atoms with Gasteiger partial charge in [0, 0.05) is 21.8 Å². The zero-order valence-corrected chi connectivity index (χ0v) is 25.1. The summed E-state index contributed by atoms with van der Waals surface area (Å²) in [4.78, 5) is 5.36. The molecule has 45 heavy (non-hydrogen) atoms. The average molecular weight is 573 g/mol. The number of fused-ring (bicyclic) bond motifs is 8. The van der Waals surface area contributed by atoms with Crippen molar-refractivity contribution in [1.82, 2.24) is 4.98 Å². The molecule has 0 saturated carbocycles. The first-order valence-electron chi connectivity index (χ1n) is 15.5. The molecule has 0 radical (unpaired) electrons. The summed E-state index contributed by atoms with van der Waals surface area (Å²) in [6.45, 7) is 4.55. The van der Waals surface area contributed by atoms with Crippen molar-refractivity contribution in [3.05, 3.63) is 150 Å². The predicted molar refractivity (Wildman–Crippen MR) is 187 cm³/mol. The van der Waals surface area contributed by atoms with E-state index in [1.165, 1.54) is 71.3 Å². The third-order valence-electron chi connectivity index (χ3n) is 9.87. The minimum absolute atomic E-state index is 0.215. The molecule has 1 aromatic heterocycles. The van der Waals surface area contributed by atoms with Crippen molar-refractivity contribution in [2.45, 2.75) is 19.3 Å². The van der Waals surface area contributed by atoms with Crippen LogP contribution in [-0.4, -0.2) is 4.98 Å². The van der Waals surface area contributed by atoms with Crippen molar-refractivity contribution in [3.63, 3.8) is 0 Å². The van der Waals surface area contributed by atoms with Crippen molar-refractivity contribution < 1.29 is 0 Å². The van der Waals surface area contributed by atoms with Gasteiger partial charge in [-0.2, -0.15) is 5.26 Å². The molecule has 0 amide bonds. The van der Waals surface area contributed by atoms with E-state index in [-0.39, 0.29) is 5.41 Å². The standard InChI is InChI=1S/C43H28N2/c1-43(2)37-23-26(25-44)19-21-29(37)30-22-20-27(24-38(30)43)40-32-13-4-6-15-34(32)41(35-16-7-5-14-33(35)40)42-36-17-8-3-11-28(36)31-12-9-10-18-39(31)45-42/h3-24H,1-2H3. The van der Waals surface area contributed by atoms with Crippen LogP contribution in [-0.2, 0) is 5.41 Å². The summed E-state index contributed by atoms with van der Waals surface area (Å²) in [5, 5.41) is 18.0. The Balaban J connectivity index is 1.36. The van der Waals surface area contributed by atoms with E-state index >= 15 is 0 Å². The van der Waals surface area contributed by atoms with Crippen molar-refractivity contribution in [1.29, 1.82) is 5.26 Å². The number of benzene rings is 7. The highest BCUT2D eigenvalue weighted by Crippen LogP contribution is 2.51. The molecule has 9 rings (SSSR count). The molecule has 1 heterocycles. The topological polar surface area (TPSA) is 36.7 Å².